The summed E-state index contributed by atoms with van der Waals surface area (Å²) in [4.78, 5) is 0. The molecule has 1 aliphatic carbocycles. The zero-order valence-electron chi connectivity index (χ0n) is 15.3. The highest BCUT2D eigenvalue weighted by atomic mass is 32.1. The van der Waals surface area contributed by atoms with Crippen LogP contribution in [0.4, 0.5) is 0 Å². The maximum absolute atomic E-state index is 13.6. The monoisotopic (exact) mass is 379 g/mol. The van der Waals surface area contributed by atoms with Gasteiger partial charge >= 0.3 is 0 Å². The normalized spacial score (nSPS) is 27.9. The fraction of sp³-hybridized carbons (Fsp3) is 0.588. The third-order valence-corrected chi connectivity index (χ3v) is 5.27. The quantitative estimate of drug-likeness (QED) is 0.312. The summed E-state index contributed by atoms with van der Waals surface area (Å²) in [6.07, 6.45) is 3.62. The maximum atomic E-state index is 13.6. The summed E-state index contributed by atoms with van der Waals surface area (Å²) < 4.78 is 6.57. The lowest BCUT2D eigenvalue weighted by Gasteiger charge is -2.35. The molecule has 142 valence electrons. The Morgan fingerprint density at radius 2 is 2.15 bits per heavy atom. The van der Waals surface area contributed by atoms with Crippen LogP contribution in [0.25, 0.3) is 0 Å². The number of nitrogens with zero attached hydrogens (tertiary/aromatic N) is 3. The maximum Gasteiger partial charge on any atom is 0.292 e. The third kappa shape index (κ3) is 2.80. The largest absolute Gasteiger partial charge is 0.622 e. The van der Waals surface area contributed by atoms with Crippen molar-refractivity contribution < 1.29 is 14.4 Å². The lowest BCUT2D eigenvalue weighted by atomic mass is 9.94. The van der Waals surface area contributed by atoms with Gasteiger partial charge in [-0.15, -0.1) is 5.06 Å². The number of hydrazone groups is 1. The minimum Gasteiger partial charge on any atom is -0.622 e. The average Bonchev–Trinajstić information content (AvgIpc) is 2.94. The summed E-state index contributed by atoms with van der Waals surface area (Å²) in [5, 5.41) is 30.2. The molecular weight excluding hydrogens is 354 g/mol. The molecular formula is C17H25N5O3S. The molecule has 9 heteroatoms. The summed E-state index contributed by atoms with van der Waals surface area (Å²) in [6.45, 7) is 5.41. The molecule has 0 aromatic carbocycles. The molecule has 2 aliphatic rings. The van der Waals surface area contributed by atoms with E-state index in [1.54, 1.807) is 26.0 Å². The van der Waals surface area contributed by atoms with E-state index in [2.05, 4.69) is 10.5 Å². The van der Waals surface area contributed by atoms with Gasteiger partial charge in [-0.05, 0) is 64.4 Å². The molecule has 2 heterocycles. The second kappa shape index (κ2) is 6.64. The highest BCUT2D eigenvalue weighted by molar-refractivity contribution is 7.80. The lowest BCUT2D eigenvalue weighted by Crippen LogP contribution is -2.59. The Hall–Kier alpha value is -1.97. The van der Waals surface area contributed by atoms with Crippen LogP contribution in [0.5, 0.6) is 0 Å². The molecule has 0 radical (unpaired) electrons. The van der Waals surface area contributed by atoms with Crippen LogP contribution in [0, 0.1) is 12.1 Å². The summed E-state index contributed by atoms with van der Waals surface area (Å²) >= 11 is 4.84. The smallest absolute Gasteiger partial charge is 0.292 e. The Morgan fingerprint density at radius 3 is 2.77 bits per heavy atom. The summed E-state index contributed by atoms with van der Waals surface area (Å²) in [7, 11) is 0. The van der Waals surface area contributed by atoms with Crippen LogP contribution >= 0.6 is 12.2 Å². The first-order chi connectivity index (χ1) is 12.2. The number of furan rings is 1. The van der Waals surface area contributed by atoms with E-state index in [1.165, 1.54) is 0 Å². The van der Waals surface area contributed by atoms with Crippen molar-refractivity contribution in [3.05, 3.63) is 28.9 Å². The Morgan fingerprint density at radius 1 is 1.42 bits per heavy atom. The van der Waals surface area contributed by atoms with Gasteiger partial charge in [0, 0.05) is 6.42 Å². The van der Waals surface area contributed by atoms with E-state index in [-0.39, 0.29) is 5.11 Å². The van der Waals surface area contributed by atoms with E-state index in [1.807, 2.05) is 6.92 Å². The van der Waals surface area contributed by atoms with Crippen molar-refractivity contribution in [1.82, 2.24) is 10.5 Å². The fourth-order valence-electron chi connectivity index (χ4n) is 3.95. The molecule has 4 N–H and O–H groups in total. The van der Waals surface area contributed by atoms with Crippen LogP contribution in [0.1, 0.15) is 57.5 Å². The SMILES string of the molecule is Cc1ccc(C2=[N+]([O-])[C@@]3(CCCCC/C3=N/NC(N)=S)N(O)C2(C)C)o1. The molecule has 1 atom stereocenters. The number of nitrogens with one attached hydrogen (secondary N) is 1. The highest BCUT2D eigenvalue weighted by Gasteiger charge is 2.65. The molecule has 0 bridgehead atoms. The number of thiocarbonyl (C=S) groups is 1. The van der Waals surface area contributed by atoms with Gasteiger partial charge in [0.05, 0.1) is 0 Å². The molecule has 26 heavy (non-hydrogen) atoms. The molecule has 1 aromatic heterocycles. The molecule has 3 rings (SSSR count). The number of rotatable bonds is 2. The molecule has 1 fully saturated rings. The molecule has 1 aliphatic heterocycles. The highest BCUT2D eigenvalue weighted by Crippen LogP contribution is 2.42. The van der Waals surface area contributed by atoms with Crippen molar-refractivity contribution in [2.75, 3.05) is 0 Å². The van der Waals surface area contributed by atoms with Gasteiger partial charge in [0.25, 0.3) is 11.4 Å². The molecule has 8 nitrogen and oxygen atoms in total. The predicted molar refractivity (Wildman–Crippen MR) is 102 cm³/mol. The van der Waals surface area contributed by atoms with Gasteiger partial charge < -0.3 is 20.6 Å². The predicted octanol–water partition coefficient (Wildman–Crippen LogP) is 2.22. The summed E-state index contributed by atoms with van der Waals surface area (Å²) in [5.41, 5.74) is 6.71. The second-order valence-electron chi connectivity index (χ2n) is 7.34. The van der Waals surface area contributed by atoms with E-state index in [0.29, 0.717) is 35.8 Å². The summed E-state index contributed by atoms with van der Waals surface area (Å²) in [6, 6.07) is 3.56. The first kappa shape index (κ1) is 18.8. The van der Waals surface area contributed by atoms with Crippen molar-refractivity contribution in [2.24, 2.45) is 10.8 Å². The van der Waals surface area contributed by atoms with Crippen molar-refractivity contribution in [3.8, 4) is 0 Å². The van der Waals surface area contributed by atoms with Crippen LogP contribution in [0.15, 0.2) is 21.7 Å². The van der Waals surface area contributed by atoms with Crippen LogP contribution in [0.2, 0.25) is 0 Å². The first-order valence-electron chi connectivity index (χ1n) is 8.74. The number of hydrogen-bond donors (Lipinski definition) is 3. The summed E-state index contributed by atoms with van der Waals surface area (Å²) in [5.74, 6) is 1.15. The van der Waals surface area contributed by atoms with E-state index in [0.717, 1.165) is 29.1 Å². The topological polar surface area (TPSA) is 113 Å². The van der Waals surface area contributed by atoms with Crippen molar-refractivity contribution in [2.45, 2.75) is 64.1 Å². The lowest BCUT2D eigenvalue weighted by molar-refractivity contribution is -0.567. The van der Waals surface area contributed by atoms with Gasteiger partial charge in [0.15, 0.2) is 10.9 Å². The molecule has 0 unspecified atom stereocenters. The van der Waals surface area contributed by atoms with Crippen LogP contribution in [-0.4, -0.2) is 42.7 Å². The Balaban J connectivity index is 2.20. The van der Waals surface area contributed by atoms with Gasteiger partial charge in [-0.1, -0.05) is 6.42 Å². The van der Waals surface area contributed by atoms with Gasteiger partial charge in [-0.3, -0.25) is 5.43 Å². The molecule has 0 saturated heterocycles. The number of aryl methyl sites for hydroxylation is 1. The Labute approximate surface area is 157 Å². The molecule has 1 spiro atoms. The van der Waals surface area contributed by atoms with Gasteiger partial charge in [0.1, 0.15) is 17.0 Å². The standard InChI is InChI=1S/C17H25N5O3S/c1-11-8-9-12(25-11)14-16(2,3)22(24)17(21(14)23)10-6-4-5-7-13(17)19-20-15(18)26/h8-9,24H,4-7,10H2,1-3H3,(H3,18,20,26)/b19-13-/t17-/m0/s1. The minimum atomic E-state index is -1.31. The van der Waals surface area contributed by atoms with Crippen LogP contribution < -0.4 is 11.2 Å². The van der Waals surface area contributed by atoms with Gasteiger partial charge in [-0.25, -0.2) is 0 Å². The van der Waals surface area contributed by atoms with E-state index in [9.17, 15) is 10.4 Å². The van der Waals surface area contributed by atoms with E-state index < -0.39 is 11.2 Å². The third-order valence-electron chi connectivity index (χ3n) is 5.17. The van der Waals surface area contributed by atoms with E-state index in [4.69, 9.17) is 22.4 Å². The molecule has 1 saturated carbocycles. The Kier molecular flexibility index (Phi) is 4.80. The van der Waals surface area contributed by atoms with Crippen LogP contribution in [0.3, 0.4) is 0 Å². The number of hydroxylamine groups is 3. The van der Waals surface area contributed by atoms with Gasteiger partial charge in [0.2, 0.25) is 0 Å². The second-order valence-corrected chi connectivity index (χ2v) is 7.78. The zero-order chi connectivity index (χ0) is 19.1. The molecule has 1 aromatic rings. The van der Waals surface area contributed by atoms with Gasteiger partial charge in [-0.2, -0.15) is 9.84 Å². The fourth-order valence-corrected chi connectivity index (χ4v) is 3.99. The van der Waals surface area contributed by atoms with Crippen molar-refractivity contribution in [1.29, 1.82) is 0 Å². The average molecular weight is 379 g/mol. The van der Waals surface area contributed by atoms with Crippen LogP contribution in [-0.2, 0) is 0 Å². The van der Waals surface area contributed by atoms with Crippen molar-refractivity contribution in [3.63, 3.8) is 0 Å². The number of nitrogens with two attached hydrogens (primary N) is 1. The Bertz CT molecular complexity index is 785. The van der Waals surface area contributed by atoms with E-state index >= 15 is 0 Å². The zero-order valence-corrected chi connectivity index (χ0v) is 16.1. The minimum absolute atomic E-state index is 0.0157. The first-order valence-corrected chi connectivity index (χ1v) is 9.15. The number of hydrogen-bond acceptors (Lipinski definition) is 6. The van der Waals surface area contributed by atoms with Crippen molar-refractivity contribution >= 4 is 28.8 Å². The molecule has 0 amide bonds.